The van der Waals surface area contributed by atoms with Crippen LogP contribution < -0.4 is 9.80 Å². The molecule has 1 aromatic carbocycles. The van der Waals surface area contributed by atoms with Gasteiger partial charge in [0, 0.05) is 0 Å². The Morgan fingerprint density at radius 3 is 2.42 bits per heavy atom. The Morgan fingerprint density at radius 1 is 1.21 bits per heavy atom. The molecule has 1 aliphatic rings. The van der Waals surface area contributed by atoms with Gasteiger partial charge < -0.3 is 22.7 Å². The molecule has 0 spiro atoms. The van der Waals surface area contributed by atoms with Gasteiger partial charge in [-0.15, -0.1) is 0 Å². The minimum absolute atomic E-state index is 0.459. The lowest BCUT2D eigenvalue weighted by atomic mass is 9.91. The normalized spacial score (nSPS) is 17.3. The highest BCUT2D eigenvalue weighted by Crippen LogP contribution is 2.19. The van der Waals surface area contributed by atoms with Gasteiger partial charge in [0.2, 0.25) is 0 Å². The number of anilines is 1. The summed E-state index contributed by atoms with van der Waals surface area (Å²) in [4.78, 5) is 2.57. The zero-order chi connectivity index (χ0) is 13.9. The Bertz CT molecular complexity index is 476. The van der Waals surface area contributed by atoms with E-state index in [0.29, 0.717) is 36.6 Å². The molecule has 102 valence electrons. The topological polar surface area (TPSA) is 31.5 Å². The van der Waals surface area contributed by atoms with E-state index in [2.05, 4.69) is 6.07 Å². The van der Waals surface area contributed by atoms with Crippen LogP contribution in [0.5, 0.6) is 0 Å². The summed E-state index contributed by atoms with van der Waals surface area (Å²) in [5.74, 6) is 0. The molecule has 19 heavy (non-hydrogen) atoms. The van der Waals surface area contributed by atoms with E-state index in [4.69, 9.17) is 5.26 Å². The van der Waals surface area contributed by atoms with Crippen LogP contribution >= 0.6 is 0 Å². The van der Waals surface area contributed by atoms with Crippen molar-refractivity contribution in [1.29, 1.82) is 5.26 Å². The van der Waals surface area contributed by atoms with Crippen LogP contribution in [-0.2, 0) is 0 Å². The molecule has 0 atom stereocenters. The third-order valence-corrected chi connectivity index (χ3v) is 3.36. The molecule has 1 aromatic rings. The molecule has 1 aliphatic heterocycles. The molecule has 7 heteroatoms. The number of benzene rings is 1. The Kier molecular flexibility index (Phi) is 4.00. The van der Waals surface area contributed by atoms with E-state index < -0.39 is 13.4 Å². The lowest BCUT2D eigenvalue weighted by Gasteiger charge is -2.35. The molecule has 0 radical (unpaired) electrons. The van der Waals surface area contributed by atoms with Crippen molar-refractivity contribution in [1.82, 2.24) is 0 Å². The van der Waals surface area contributed by atoms with E-state index in [9.17, 15) is 12.9 Å². The first-order chi connectivity index (χ1) is 8.99. The summed E-state index contributed by atoms with van der Waals surface area (Å²) >= 11 is 0. The van der Waals surface area contributed by atoms with Gasteiger partial charge in [0.15, 0.2) is 0 Å². The lowest BCUT2D eigenvalue weighted by molar-refractivity contribution is -0.892. The van der Waals surface area contributed by atoms with Crippen LogP contribution in [0.2, 0.25) is 0 Å². The van der Waals surface area contributed by atoms with Crippen molar-refractivity contribution >= 4 is 12.7 Å². The van der Waals surface area contributed by atoms with E-state index in [0.717, 1.165) is 5.69 Å². The van der Waals surface area contributed by atoms with Crippen molar-refractivity contribution < 1.29 is 17.8 Å². The van der Waals surface area contributed by atoms with Gasteiger partial charge in [0.05, 0.1) is 43.9 Å². The third-order valence-electron chi connectivity index (χ3n) is 3.36. The van der Waals surface area contributed by atoms with Crippen molar-refractivity contribution in [3.63, 3.8) is 0 Å². The predicted molar refractivity (Wildman–Crippen MR) is 68.0 cm³/mol. The summed E-state index contributed by atoms with van der Waals surface area (Å²) in [5.41, 5.74) is 1.40. The highest BCUT2D eigenvalue weighted by Gasteiger charge is 2.32. The van der Waals surface area contributed by atoms with E-state index in [-0.39, 0.29) is 0 Å². The highest BCUT2D eigenvalue weighted by atomic mass is 19.4. The smallest absolute Gasteiger partial charge is 0.445 e. The van der Waals surface area contributed by atoms with Crippen LogP contribution in [0.1, 0.15) is 5.56 Å². The molecule has 3 nitrogen and oxygen atoms in total. The molecule has 0 aromatic heterocycles. The van der Waals surface area contributed by atoms with Crippen LogP contribution in [0.15, 0.2) is 24.3 Å². The number of nitrogens with zero attached hydrogens (tertiary/aromatic N) is 2. The van der Waals surface area contributed by atoms with Gasteiger partial charge in [-0.25, -0.2) is 0 Å². The maximum Gasteiger partial charge on any atom is 0.531 e. The maximum atomic E-state index is 12.4. The van der Waals surface area contributed by atoms with Crippen molar-refractivity contribution in [2.24, 2.45) is 0 Å². The van der Waals surface area contributed by atoms with Crippen LogP contribution in [-0.4, -0.2) is 39.6 Å². The van der Waals surface area contributed by atoms with Crippen LogP contribution in [0.25, 0.3) is 0 Å². The van der Waals surface area contributed by atoms with Gasteiger partial charge in [-0.05, 0) is 12.1 Å². The molecule has 2 rings (SSSR count). The summed E-state index contributed by atoms with van der Waals surface area (Å²) in [6.45, 7) is -2.69. The van der Waals surface area contributed by atoms with Crippen molar-refractivity contribution in [2.75, 3.05) is 37.5 Å². The Hall–Kier alpha value is -1.68. The Labute approximate surface area is 110 Å². The van der Waals surface area contributed by atoms with Crippen molar-refractivity contribution in [3.05, 3.63) is 29.8 Å². The number of rotatable bonds is 3. The molecule has 1 N–H and O–H groups in total. The fraction of sp³-hybridized carbons (Fsp3) is 0.417. The summed E-state index contributed by atoms with van der Waals surface area (Å²) in [6, 6.07) is 9.32. The quantitative estimate of drug-likeness (QED) is 0.817. The van der Waals surface area contributed by atoms with Crippen LogP contribution in [0.4, 0.5) is 18.6 Å². The number of para-hydroxylation sites is 1. The average Bonchev–Trinajstić information content (AvgIpc) is 2.38. The maximum absolute atomic E-state index is 12.4. The standard InChI is InChI=1S/C12H14BF3N3/c14-13(15,16)10-18-5-7-19(8-6-18)12-4-2-1-3-11(12)9-17/h1-4H,5-8,10H2/q-1/p+1. The number of halogens is 3. The Balaban J connectivity index is 1.99. The molecule has 1 saturated heterocycles. The van der Waals surface area contributed by atoms with Gasteiger partial charge >= 0.3 is 6.98 Å². The van der Waals surface area contributed by atoms with E-state index in [1.807, 2.05) is 17.0 Å². The van der Waals surface area contributed by atoms with Gasteiger partial charge in [-0.1, -0.05) is 12.1 Å². The van der Waals surface area contributed by atoms with E-state index in [1.165, 1.54) is 0 Å². The van der Waals surface area contributed by atoms with Crippen molar-refractivity contribution in [3.8, 4) is 6.07 Å². The second-order valence-corrected chi connectivity index (χ2v) is 4.78. The summed E-state index contributed by atoms with van der Waals surface area (Å²) < 4.78 is 37.1. The number of hydrogen-bond donors (Lipinski definition) is 1. The third kappa shape index (κ3) is 3.64. The minimum atomic E-state index is -4.72. The fourth-order valence-electron chi connectivity index (χ4n) is 2.44. The Morgan fingerprint density at radius 2 is 1.84 bits per heavy atom. The van der Waals surface area contributed by atoms with Gasteiger partial charge in [0.1, 0.15) is 6.07 Å². The molecular weight excluding hydrogens is 254 g/mol. The molecule has 0 saturated carbocycles. The number of quaternary nitrogens is 1. The predicted octanol–water partition coefficient (Wildman–Crippen LogP) is 0.650. The molecule has 1 fully saturated rings. The molecule has 0 unspecified atom stereocenters. The molecule has 0 bridgehead atoms. The zero-order valence-electron chi connectivity index (χ0n) is 10.5. The summed E-state index contributed by atoms with van der Waals surface area (Å²) in [5, 5.41) is 9.03. The first-order valence-electron chi connectivity index (χ1n) is 6.28. The van der Waals surface area contributed by atoms with E-state index >= 15 is 0 Å². The number of hydrogen-bond acceptors (Lipinski definition) is 2. The molecule has 1 heterocycles. The monoisotopic (exact) mass is 269 g/mol. The second-order valence-electron chi connectivity index (χ2n) is 4.78. The number of nitriles is 1. The van der Waals surface area contributed by atoms with Crippen LogP contribution in [0, 0.1) is 11.3 Å². The SMILES string of the molecule is N#Cc1ccccc1N1CC[NH+](C[B-](F)(F)F)CC1. The number of nitrogens with one attached hydrogen (secondary N) is 1. The largest absolute Gasteiger partial charge is 0.531 e. The van der Waals surface area contributed by atoms with Crippen LogP contribution in [0.3, 0.4) is 0 Å². The van der Waals surface area contributed by atoms with E-state index in [1.54, 1.807) is 12.1 Å². The summed E-state index contributed by atoms with van der Waals surface area (Å²) in [7, 11) is 0. The highest BCUT2D eigenvalue weighted by molar-refractivity contribution is 6.58. The average molecular weight is 269 g/mol. The number of piperazine rings is 1. The first-order valence-corrected chi connectivity index (χ1v) is 6.28. The molecule has 0 aliphatic carbocycles. The first kappa shape index (κ1) is 13.7. The zero-order valence-corrected chi connectivity index (χ0v) is 10.5. The lowest BCUT2D eigenvalue weighted by Crippen LogP contribution is -3.16. The minimum Gasteiger partial charge on any atom is -0.445 e. The van der Waals surface area contributed by atoms with Crippen molar-refractivity contribution in [2.45, 2.75) is 0 Å². The van der Waals surface area contributed by atoms with Gasteiger partial charge in [-0.2, -0.15) is 5.26 Å². The summed E-state index contributed by atoms with van der Waals surface area (Å²) in [6.07, 6.45) is -0.715. The van der Waals surface area contributed by atoms with Gasteiger partial charge in [-0.3, -0.25) is 0 Å². The molecular formula is C12H15BF3N3. The second kappa shape index (κ2) is 5.53. The fourth-order valence-corrected chi connectivity index (χ4v) is 2.44. The molecule has 0 amide bonds. The van der Waals surface area contributed by atoms with Gasteiger partial charge in [0.25, 0.3) is 0 Å².